The summed E-state index contributed by atoms with van der Waals surface area (Å²) in [5, 5.41) is 12.2. The summed E-state index contributed by atoms with van der Waals surface area (Å²) in [4.78, 5) is 35.9. The summed E-state index contributed by atoms with van der Waals surface area (Å²) >= 11 is 0. The van der Waals surface area contributed by atoms with Crippen molar-refractivity contribution in [2.75, 3.05) is 0 Å². The van der Waals surface area contributed by atoms with Gasteiger partial charge in [0.2, 0.25) is 0 Å². The van der Waals surface area contributed by atoms with E-state index in [0.29, 0.717) is 18.4 Å². The van der Waals surface area contributed by atoms with Crippen LogP contribution in [0.3, 0.4) is 0 Å². The highest BCUT2D eigenvalue weighted by atomic mass is 16.4. The number of carboxylic acids is 1. The topological polar surface area (TPSA) is 83.5 Å². The third kappa shape index (κ3) is 4.66. The van der Waals surface area contributed by atoms with Crippen LogP contribution in [0.5, 0.6) is 0 Å². The van der Waals surface area contributed by atoms with E-state index in [1.165, 1.54) is 5.56 Å². The fourth-order valence-corrected chi connectivity index (χ4v) is 3.65. The normalized spacial score (nSPS) is 13.6. The number of fused-ring (bicyclic) bond motifs is 1. The number of carbonyl (C=O) groups is 3. The van der Waals surface area contributed by atoms with Crippen molar-refractivity contribution < 1.29 is 19.5 Å². The Morgan fingerprint density at radius 2 is 1.75 bits per heavy atom. The molecule has 2 N–H and O–H groups in total. The molecule has 0 aliphatic heterocycles. The molecule has 28 heavy (non-hydrogen) atoms. The molecule has 5 nitrogen and oxygen atoms in total. The Balaban J connectivity index is 1.69. The average molecular weight is 379 g/mol. The Kier molecular flexibility index (Phi) is 6.24. The van der Waals surface area contributed by atoms with Gasteiger partial charge in [-0.25, -0.2) is 4.79 Å². The zero-order valence-corrected chi connectivity index (χ0v) is 16.0. The van der Waals surface area contributed by atoms with Crippen molar-refractivity contribution in [2.45, 2.75) is 51.5 Å². The summed E-state index contributed by atoms with van der Waals surface area (Å²) in [6.07, 6.45) is 3.92. The lowest BCUT2D eigenvalue weighted by atomic mass is 10.00. The third-order valence-electron chi connectivity index (χ3n) is 5.25. The maximum atomic E-state index is 12.7. The lowest BCUT2D eigenvalue weighted by molar-refractivity contribution is -0.139. The zero-order valence-electron chi connectivity index (χ0n) is 16.0. The molecule has 2 aromatic rings. The van der Waals surface area contributed by atoms with Gasteiger partial charge in [-0.15, -0.1) is 0 Å². The van der Waals surface area contributed by atoms with Crippen molar-refractivity contribution in [2.24, 2.45) is 0 Å². The maximum absolute atomic E-state index is 12.7. The molecule has 1 aliphatic rings. The third-order valence-corrected chi connectivity index (χ3v) is 5.25. The Labute approximate surface area is 164 Å². The van der Waals surface area contributed by atoms with Gasteiger partial charge in [-0.3, -0.25) is 9.59 Å². The minimum Gasteiger partial charge on any atom is -0.480 e. The van der Waals surface area contributed by atoms with Gasteiger partial charge in [0.05, 0.1) is 0 Å². The van der Waals surface area contributed by atoms with Crippen molar-refractivity contribution in [1.29, 1.82) is 0 Å². The Hall–Kier alpha value is -2.95. The van der Waals surface area contributed by atoms with Crippen molar-refractivity contribution in [3.05, 3.63) is 70.3 Å². The van der Waals surface area contributed by atoms with E-state index in [-0.39, 0.29) is 18.1 Å². The molecule has 0 aromatic heterocycles. The van der Waals surface area contributed by atoms with Crippen LogP contribution in [0.1, 0.15) is 52.4 Å². The molecule has 0 radical (unpaired) electrons. The highest BCUT2D eigenvalue weighted by molar-refractivity contribution is 5.98. The number of rotatable bonds is 8. The summed E-state index contributed by atoms with van der Waals surface area (Å²) in [5.74, 6) is -1.23. The molecule has 1 atom stereocenters. The minimum atomic E-state index is -1.06. The Bertz CT molecular complexity index is 886. The number of hydrogen-bond donors (Lipinski definition) is 2. The molecule has 0 saturated carbocycles. The molecule has 146 valence electrons. The van der Waals surface area contributed by atoms with Crippen LogP contribution in [0.25, 0.3) is 0 Å². The summed E-state index contributed by atoms with van der Waals surface area (Å²) in [7, 11) is 0. The van der Waals surface area contributed by atoms with Gasteiger partial charge in [0.1, 0.15) is 11.8 Å². The lowest BCUT2D eigenvalue weighted by Gasteiger charge is -2.16. The van der Waals surface area contributed by atoms with Crippen LogP contribution in [0, 0.1) is 0 Å². The fourth-order valence-electron chi connectivity index (χ4n) is 3.65. The first kappa shape index (κ1) is 19.8. The Morgan fingerprint density at radius 1 is 1.04 bits per heavy atom. The summed E-state index contributed by atoms with van der Waals surface area (Å²) in [6.45, 7) is 1.83. The van der Waals surface area contributed by atoms with Gasteiger partial charge in [-0.2, -0.15) is 0 Å². The van der Waals surface area contributed by atoms with Gasteiger partial charge in [0.25, 0.3) is 5.91 Å². The van der Waals surface area contributed by atoms with Crippen LogP contribution in [0.2, 0.25) is 0 Å². The van der Waals surface area contributed by atoms with E-state index in [4.69, 9.17) is 0 Å². The van der Waals surface area contributed by atoms with E-state index in [0.717, 1.165) is 36.0 Å². The lowest BCUT2D eigenvalue weighted by Crippen LogP contribution is -2.42. The van der Waals surface area contributed by atoms with E-state index in [9.17, 15) is 19.5 Å². The molecule has 1 amide bonds. The fraction of sp³-hybridized carbons (Fsp3) is 0.348. The van der Waals surface area contributed by atoms with E-state index in [1.54, 1.807) is 6.07 Å². The number of carbonyl (C=O) groups excluding carboxylic acids is 2. The van der Waals surface area contributed by atoms with Gasteiger partial charge in [0.15, 0.2) is 0 Å². The molecule has 0 unspecified atom stereocenters. The summed E-state index contributed by atoms with van der Waals surface area (Å²) in [5.41, 5.74) is 4.51. The molecule has 0 saturated heterocycles. The second-order valence-corrected chi connectivity index (χ2v) is 7.25. The number of benzene rings is 2. The molecule has 5 heteroatoms. The van der Waals surface area contributed by atoms with Crippen LogP contribution in [-0.4, -0.2) is 28.8 Å². The van der Waals surface area contributed by atoms with Crippen molar-refractivity contribution in [3.8, 4) is 0 Å². The van der Waals surface area contributed by atoms with Crippen LogP contribution < -0.4 is 5.32 Å². The second-order valence-electron chi connectivity index (χ2n) is 7.25. The van der Waals surface area contributed by atoms with Crippen LogP contribution in [-0.2, 0) is 35.3 Å². The standard InChI is InChI=1S/C23H25NO4/c1-2-18(25)13-15-9-11-16(12-10-15)14-21(23(27)28)24-22(26)20-8-4-6-17-5-3-7-19(17)20/h4,6,8-12,21H,2-3,5,7,13-14H2,1H3,(H,24,26)(H,27,28)/t21-/m0/s1. The number of ketones is 1. The van der Waals surface area contributed by atoms with Crippen molar-refractivity contribution >= 4 is 17.7 Å². The first-order chi connectivity index (χ1) is 13.5. The highest BCUT2D eigenvalue weighted by Gasteiger charge is 2.24. The number of nitrogens with one attached hydrogen (secondary N) is 1. The quantitative estimate of drug-likeness (QED) is 0.738. The maximum Gasteiger partial charge on any atom is 0.326 e. The molecule has 0 spiro atoms. The van der Waals surface area contributed by atoms with E-state index in [1.807, 2.05) is 43.3 Å². The Morgan fingerprint density at radius 3 is 2.43 bits per heavy atom. The van der Waals surface area contributed by atoms with Gasteiger partial charge in [-0.05, 0) is 47.6 Å². The first-order valence-corrected chi connectivity index (χ1v) is 9.72. The van der Waals surface area contributed by atoms with Crippen molar-refractivity contribution in [3.63, 3.8) is 0 Å². The number of carboxylic acid groups (broad SMARTS) is 1. The number of hydrogen-bond acceptors (Lipinski definition) is 3. The van der Waals surface area contributed by atoms with Crippen LogP contribution in [0.15, 0.2) is 42.5 Å². The SMILES string of the molecule is CCC(=O)Cc1ccc(C[C@H](NC(=O)c2cccc3c2CCC3)C(=O)O)cc1. The van der Waals surface area contributed by atoms with E-state index in [2.05, 4.69) is 5.32 Å². The summed E-state index contributed by atoms with van der Waals surface area (Å²) in [6, 6.07) is 12.0. The van der Waals surface area contributed by atoms with Crippen LogP contribution >= 0.6 is 0 Å². The monoisotopic (exact) mass is 379 g/mol. The molecule has 0 bridgehead atoms. The van der Waals surface area contributed by atoms with Gasteiger partial charge in [0, 0.05) is 24.8 Å². The van der Waals surface area contributed by atoms with Crippen LogP contribution in [0.4, 0.5) is 0 Å². The zero-order chi connectivity index (χ0) is 20.1. The molecule has 0 fully saturated rings. The van der Waals surface area contributed by atoms with E-state index < -0.39 is 12.0 Å². The molecule has 3 rings (SSSR count). The van der Waals surface area contributed by atoms with E-state index >= 15 is 0 Å². The predicted molar refractivity (Wildman–Crippen MR) is 107 cm³/mol. The smallest absolute Gasteiger partial charge is 0.326 e. The van der Waals surface area contributed by atoms with Gasteiger partial charge in [-0.1, -0.05) is 43.3 Å². The number of amides is 1. The largest absolute Gasteiger partial charge is 0.480 e. The average Bonchev–Trinajstić information content (AvgIpc) is 3.17. The number of Topliss-reactive ketones (excluding diaryl/α,β-unsaturated/α-hetero) is 1. The molecular weight excluding hydrogens is 354 g/mol. The summed E-state index contributed by atoms with van der Waals surface area (Å²) < 4.78 is 0. The van der Waals surface area contributed by atoms with Gasteiger partial charge >= 0.3 is 5.97 Å². The highest BCUT2D eigenvalue weighted by Crippen LogP contribution is 2.25. The number of aryl methyl sites for hydroxylation is 1. The molecule has 0 heterocycles. The van der Waals surface area contributed by atoms with Gasteiger partial charge < -0.3 is 10.4 Å². The number of aliphatic carboxylic acids is 1. The molecule has 2 aromatic carbocycles. The minimum absolute atomic E-state index is 0.166. The second kappa shape index (κ2) is 8.83. The van der Waals surface area contributed by atoms with Crippen molar-refractivity contribution in [1.82, 2.24) is 5.32 Å². The first-order valence-electron chi connectivity index (χ1n) is 9.72. The molecular formula is C23H25NO4. The molecule has 1 aliphatic carbocycles. The predicted octanol–water partition coefficient (Wildman–Crippen LogP) is 3.12.